The number of hydrogen-bond acceptors (Lipinski definition) is 2. The lowest BCUT2D eigenvalue weighted by Crippen LogP contribution is -2.31. The highest BCUT2D eigenvalue weighted by molar-refractivity contribution is 14.0. The zero-order chi connectivity index (χ0) is 15.8. The lowest BCUT2D eigenvalue weighted by molar-refractivity contribution is -0.130. The molecule has 0 radical (unpaired) electrons. The molecule has 0 spiro atoms. The number of nitrogens with one attached hydrogen (secondary N) is 1. The van der Waals surface area contributed by atoms with Gasteiger partial charge in [-0.3, -0.25) is 9.79 Å². The molecule has 0 saturated carbocycles. The largest absolute Gasteiger partial charge is 0.370 e. The van der Waals surface area contributed by atoms with E-state index in [9.17, 15) is 4.79 Å². The smallest absolute Gasteiger partial charge is 0.224 e. The Labute approximate surface area is 150 Å². The van der Waals surface area contributed by atoms with Gasteiger partial charge in [-0.05, 0) is 51.0 Å². The van der Waals surface area contributed by atoms with E-state index in [-0.39, 0.29) is 29.9 Å². The molecule has 0 saturated heterocycles. The number of nitrogens with zero attached hydrogens (tertiary/aromatic N) is 2. The molecule has 1 rings (SSSR count). The molecule has 0 aromatic heterocycles. The van der Waals surface area contributed by atoms with E-state index in [2.05, 4.69) is 16.4 Å². The predicted molar refractivity (Wildman–Crippen MR) is 104 cm³/mol. The van der Waals surface area contributed by atoms with Crippen LogP contribution in [0.4, 0.5) is 5.69 Å². The van der Waals surface area contributed by atoms with Crippen LogP contribution < -0.4 is 11.1 Å². The molecule has 1 aromatic rings. The fourth-order valence-corrected chi connectivity index (χ4v) is 2.24. The van der Waals surface area contributed by atoms with E-state index in [0.29, 0.717) is 18.9 Å². The van der Waals surface area contributed by atoms with Crippen molar-refractivity contribution in [2.45, 2.75) is 34.1 Å². The summed E-state index contributed by atoms with van der Waals surface area (Å²) in [6, 6.07) is 6.12. The summed E-state index contributed by atoms with van der Waals surface area (Å²) in [5.74, 6) is 0.454. The third kappa shape index (κ3) is 7.11. The molecule has 0 aliphatic heterocycles. The van der Waals surface area contributed by atoms with Gasteiger partial charge in [0, 0.05) is 25.2 Å². The van der Waals surface area contributed by atoms with E-state index in [1.54, 1.807) is 4.90 Å². The Morgan fingerprint density at radius 2 is 1.73 bits per heavy atom. The average Bonchev–Trinajstić information content (AvgIpc) is 2.38. The van der Waals surface area contributed by atoms with Crippen molar-refractivity contribution < 1.29 is 4.79 Å². The zero-order valence-electron chi connectivity index (χ0n) is 13.8. The van der Waals surface area contributed by atoms with Gasteiger partial charge in [0.1, 0.15) is 0 Å². The minimum Gasteiger partial charge on any atom is -0.370 e. The minimum atomic E-state index is 0. The van der Waals surface area contributed by atoms with Crippen LogP contribution in [0, 0.1) is 13.8 Å². The number of carbonyl (C=O) groups is 1. The molecule has 5 nitrogen and oxygen atoms in total. The number of hydrogen-bond donors (Lipinski definition) is 2. The van der Waals surface area contributed by atoms with E-state index < -0.39 is 0 Å². The van der Waals surface area contributed by atoms with Crippen molar-refractivity contribution in [3.63, 3.8) is 0 Å². The normalized spacial score (nSPS) is 10.8. The number of halogens is 1. The molecular weight excluding hydrogens is 391 g/mol. The summed E-state index contributed by atoms with van der Waals surface area (Å²) in [4.78, 5) is 17.8. The van der Waals surface area contributed by atoms with Crippen LogP contribution in [0.3, 0.4) is 0 Å². The van der Waals surface area contributed by atoms with Crippen LogP contribution in [0.15, 0.2) is 23.2 Å². The standard InChI is InChI=1S/C16H26N4O.HI/c1-5-20(6-2)15(21)7-8-18-16(17)19-14-10-12(3)9-13(4)11-14;/h9-11H,5-8H2,1-4H3,(H3,17,18,19);1H. The van der Waals surface area contributed by atoms with Gasteiger partial charge in [-0.1, -0.05) is 6.07 Å². The van der Waals surface area contributed by atoms with Gasteiger partial charge in [0.05, 0.1) is 6.54 Å². The van der Waals surface area contributed by atoms with Crippen LogP contribution in [0.2, 0.25) is 0 Å². The maximum atomic E-state index is 11.8. The summed E-state index contributed by atoms with van der Waals surface area (Å²) in [7, 11) is 0. The van der Waals surface area contributed by atoms with Gasteiger partial charge in [0.25, 0.3) is 0 Å². The van der Waals surface area contributed by atoms with Gasteiger partial charge in [0.2, 0.25) is 5.91 Å². The Balaban J connectivity index is 0.00000441. The SMILES string of the molecule is CCN(CC)C(=O)CCN=C(N)Nc1cc(C)cc(C)c1.I. The van der Waals surface area contributed by atoms with Crippen molar-refractivity contribution in [1.29, 1.82) is 0 Å². The van der Waals surface area contributed by atoms with Crippen LogP contribution in [-0.2, 0) is 4.79 Å². The van der Waals surface area contributed by atoms with Crippen molar-refractivity contribution in [2.24, 2.45) is 10.7 Å². The Kier molecular flexibility index (Phi) is 9.80. The molecule has 0 bridgehead atoms. The second-order valence-electron chi connectivity index (χ2n) is 5.08. The van der Waals surface area contributed by atoms with Crippen molar-refractivity contribution in [3.8, 4) is 0 Å². The molecule has 0 heterocycles. The van der Waals surface area contributed by atoms with Crippen LogP contribution in [0.25, 0.3) is 0 Å². The molecular formula is C16H27IN4O. The molecule has 0 fully saturated rings. The molecule has 0 atom stereocenters. The molecule has 0 aliphatic rings. The highest BCUT2D eigenvalue weighted by atomic mass is 127. The third-order valence-corrected chi connectivity index (χ3v) is 3.22. The van der Waals surface area contributed by atoms with E-state index in [1.807, 2.05) is 39.8 Å². The molecule has 3 N–H and O–H groups in total. The maximum Gasteiger partial charge on any atom is 0.224 e. The molecule has 0 aliphatic carbocycles. The zero-order valence-corrected chi connectivity index (χ0v) is 16.2. The number of benzene rings is 1. The van der Waals surface area contributed by atoms with E-state index >= 15 is 0 Å². The first-order chi connectivity index (χ1) is 9.96. The number of anilines is 1. The number of guanidine groups is 1. The predicted octanol–water partition coefficient (Wildman–Crippen LogP) is 2.91. The summed E-state index contributed by atoms with van der Waals surface area (Å²) >= 11 is 0. The van der Waals surface area contributed by atoms with Crippen molar-refractivity contribution in [1.82, 2.24) is 4.90 Å². The van der Waals surface area contributed by atoms with Crippen molar-refractivity contribution in [3.05, 3.63) is 29.3 Å². The van der Waals surface area contributed by atoms with Gasteiger partial charge < -0.3 is 16.0 Å². The fourth-order valence-electron chi connectivity index (χ4n) is 2.24. The second kappa shape index (κ2) is 10.4. The summed E-state index contributed by atoms with van der Waals surface area (Å²) < 4.78 is 0. The quantitative estimate of drug-likeness (QED) is 0.424. The molecule has 0 unspecified atom stereocenters. The van der Waals surface area contributed by atoms with E-state index in [0.717, 1.165) is 18.8 Å². The number of rotatable bonds is 6. The van der Waals surface area contributed by atoms with E-state index in [4.69, 9.17) is 5.73 Å². The van der Waals surface area contributed by atoms with Crippen LogP contribution >= 0.6 is 24.0 Å². The topological polar surface area (TPSA) is 70.7 Å². The molecule has 124 valence electrons. The average molecular weight is 418 g/mol. The van der Waals surface area contributed by atoms with Crippen LogP contribution in [0.5, 0.6) is 0 Å². The highest BCUT2D eigenvalue weighted by Gasteiger charge is 2.08. The lowest BCUT2D eigenvalue weighted by Gasteiger charge is -2.17. The minimum absolute atomic E-state index is 0. The Hall–Kier alpha value is -1.31. The fraction of sp³-hybridized carbons (Fsp3) is 0.500. The maximum absolute atomic E-state index is 11.8. The monoisotopic (exact) mass is 418 g/mol. The first-order valence-corrected chi connectivity index (χ1v) is 7.39. The summed E-state index contributed by atoms with van der Waals surface area (Å²) in [6.45, 7) is 9.88. The highest BCUT2D eigenvalue weighted by Crippen LogP contribution is 2.13. The van der Waals surface area contributed by atoms with Crippen molar-refractivity contribution in [2.75, 3.05) is 25.0 Å². The third-order valence-electron chi connectivity index (χ3n) is 3.22. The number of aryl methyl sites for hydroxylation is 2. The van der Waals surface area contributed by atoms with Gasteiger partial charge in [-0.25, -0.2) is 0 Å². The Morgan fingerprint density at radius 1 is 1.18 bits per heavy atom. The van der Waals surface area contributed by atoms with Crippen molar-refractivity contribution >= 4 is 41.5 Å². The molecule has 22 heavy (non-hydrogen) atoms. The Bertz CT molecular complexity index is 493. The van der Waals surface area contributed by atoms with Crippen LogP contribution in [-0.4, -0.2) is 36.4 Å². The van der Waals surface area contributed by atoms with Gasteiger partial charge in [-0.2, -0.15) is 0 Å². The summed E-state index contributed by atoms with van der Waals surface area (Å²) in [6.07, 6.45) is 0.386. The molecule has 1 amide bonds. The lowest BCUT2D eigenvalue weighted by atomic mass is 10.1. The number of amides is 1. The van der Waals surface area contributed by atoms with Gasteiger partial charge in [0.15, 0.2) is 5.96 Å². The number of aliphatic imine (C=N–C) groups is 1. The number of nitrogens with two attached hydrogens (primary N) is 1. The molecule has 6 heteroatoms. The van der Waals surface area contributed by atoms with E-state index in [1.165, 1.54) is 11.1 Å². The second-order valence-corrected chi connectivity index (χ2v) is 5.08. The van der Waals surface area contributed by atoms with Gasteiger partial charge >= 0.3 is 0 Å². The first-order valence-electron chi connectivity index (χ1n) is 7.39. The summed E-state index contributed by atoms with van der Waals surface area (Å²) in [5, 5.41) is 3.06. The van der Waals surface area contributed by atoms with Crippen LogP contribution in [0.1, 0.15) is 31.4 Å². The molecule has 1 aromatic carbocycles. The van der Waals surface area contributed by atoms with Gasteiger partial charge in [-0.15, -0.1) is 24.0 Å². The number of carbonyl (C=O) groups excluding carboxylic acids is 1. The summed E-state index contributed by atoms with van der Waals surface area (Å²) in [5.41, 5.74) is 9.10. The Morgan fingerprint density at radius 3 is 2.23 bits per heavy atom. The first kappa shape index (κ1) is 20.7.